The summed E-state index contributed by atoms with van der Waals surface area (Å²) in [4.78, 5) is 24.6. The van der Waals surface area contributed by atoms with Gasteiger partial charge in [0, 0.05) is 29.3 Å². The van der Waals surface area contributed by atoms with Gasteiger partial charge in [-0.2, -0.15) is 0 Å². The number of urea groups is 2. The molecule has 0 radical (unpaired) electrons. The molecule has 0 atom stereocenters. The van der Waals surface area contributed by atoms with Crippen molar-refractivity contribution in [3.8, 4) is 0 Å². The number of rotatable bonds is 4. The lowest BCUT2D eigenvalue weighted by molar-refractivity contribution is 0.261. The fourth-order valence-electron chi connectivity index (χ4n) is 2.43. The van der Waals surface area contributed by atoms with Crippen LogP contribution in [0.25, 0.3) is 0 Å². The molecule has 30 heavy (non-hydrogen) atoms. The van der Waals surface area contributed by atoms with Gasteiger partial charge in [0.2, 0.25) is 0 Å². The molecule has 0 saturated carbocycles. The molecule has 10 heteroatoms. The normalized spacial score (nSPS) is 10.3. The van der Waals surface area contributed by atoms with Crippen LogP contribution in [0.5, 0.6) is 0 Å². The quantitative estimate of drug-likeness (QED) is 0.228. The first-order valence-electron chi connectivity index (χ1n) is 8.46. The Bertz CT molecular complexity index is 1030. The van der Waals surface area contributed by atoms with E-state index in [0.717, 1.165) is 17.9 Å². The lowest BCUT2D eigenvalue weighted by Gasteiger charge is -2.12. The van der Waals surface area contributed by atoms with Crippen LogP contribution >= 0.6 is 63.7 Å². The van der Waals surface area contributed by atoms with Crippen molar-refractivity contribution in [1.82, 2.24) is 0 Å². The molecule has 3 rings (SSSR count). The minimum atomic E-state index is -0.404. The number of hydrogen-bond acceptors (Lipinski definition) is 2. The average molecular weight is 662 g/mol. The largest absolute Gasteiger partial charge is 0.323 e. The third-order valence-corrected chi connectivity index (χ3v) is 6.04. The van der Waals surface area contributed by atoms with Crippen LogP contribution in [0, 0.1) is 0 Å². The van der Waals surface area contributed by atoms with Crippen molar-refractivity contribution in [2.24, 2.45) is 0 Å². The van der Waals surface area contributed by atoms with E-state index in [4.69, 9.17) is 0 Å². The predicted octanol–water partition coefficient (Wildman–Crippen LogP) is 8.02. The summed E-state index contributed by atoms with van der Waals surface area (Å²) in [5, 5.41) is 11.0. The molecule has 0 saturated heterocycles. The zero-order valence-corrected chi connectivity index (χ0v) is 21.4. The van der Waals surface area contributed by atoms with Crippen molar-refractivity contribution in [2.45, 2.75) is 0 Å². The summed E-state index contributed by atoms with van der Waals surface area (Å²) < 4.78 is 3.29. The molecule has 0 bridgehead atoms. The molecule has 154 valence electrons. The Kier molecular flexibility index (Phi) is 7.93. The van der Waals surface area contributed by atoms with Gasteiger partial charge in [0.25, 0.3) is 0 Å². The van der Waals surface area contributed by atoms with Gasteiger partial charge in [0.15, 0.2) is 0 Å². The van der Waals surface area contributed by atoms with E-state index in [-0.39, 0.29) is 0 Å². The molecule has 3 aromatic carbocycles. The van der Waals surface area contributed by atoms with Gasteiger partial charge >= 0.3 is 12.1 Å². The fourth-order valence-corrected chi connectivity index (χ4v) is 4.72. The number of amides is 4. The van der Waals surface area contributed by atoms with E-state index in [1.54, 1.807) is 36.4 Å². The van der Waals surface area contributed by atoms with Crippen LogP contribution in [0.15, 0.2) is 78.6 Å². The second kappa shape index (κ2) is 10.4. The molecule has 0 aliphatic carbocycles. The van der Waals surface area contributed by atoms with E-state index >= 15 is 0 Å². The van der Waals surface area contributed by atoms with Crippen molar-refractivity contribution in [3.63, 3.8) is 0 Å². The molecular formula is C20H14Br4N4O2. The monoisotopic (exact) mass is 658 g/mol. The molecule has 0 heterocycles. The number of nitrogens with one attached hydrogen (secondary N) is 4. The number of benzene rings is 3. The van der Waals surface area contributed by atoms with Gasteiger partial charge in [-0.05, 0) is 86.5 Å². The van der Waals surface area contributed by atoms with E-state index in [2.05, 4.69) is 85.0 Å². The van der Waals surface area contributed by atoms with Gasteiger partial charge < -0.3 is 21.3 Å². The summed E-state index contributed by atoms with van der Waals surface area (Å²) in [7, 11) is 0. The van der Waals surface area contributed by atoms with Crippen LogP contribution in [0.1, 0.15) is 0 Å². The van der Waals surface area contributed by atoms with Gasteiger partial charge in [0.05, 0.1) is 11.4 Å². The van der Waals surface area contributed by atoms with E-state index in [0.29, 0.717) is 22.7 Å². The van der Waals surface area contributed by atoms with Crippen LogP contribution in [0.3, 0.4) is 0 Å². The topological polar surface area (TPSA) is 82.3 Å². The summed E-state index contributed by atoms with van der Waals surface area (Å²) >= 11 is 13.5. The minimum Gasteiger partial charge on any atom is -0.308 e. The van der Waals surface area contributed by atoms with E-state index < -0.39 is 12.1 Å². The van der Waals surface area contributed by atoms with Crippen molar-refractivity contribution in [2.75, 3.05) is 21.3 Å². The lowest BCUT2D eigenvalue weighted by Crippen LogP contribution is -2.21. The molecule has 3 aromatic rings. The zero-order valence-electron chi connectivity index (χ0n) is 15.1. The van der Waals surface area contributed by atoms with Crippen molar-refractivity contribution >= 4 is 98.5 Å². The Morgan fingerprint density at radius 1 is 0.567 bits per heavy atom. The Hall–Kier alpha value is -1.88. The predicted molar refractivity (Wildman–Crippen MR) is 135 cm³/mol. The van der Waals surface area contributed by atoms with Crippen LogP contribution in [0.4, 0.5) is 32.3 Å². The molecule has 4 amide bonds. The molecule has 0 aliphatic rings. The SMILES string of the molecule is O=C(Nc1cccc(NC(=O)Nc2ccc(Br)cc2Br)c1)Nc1ccc(Br)cc1Br. The van der Waals surface area contributed by atoms with Gasteiger partial charge in [-0.25, -0.2) is 9.59 Å². The second-order valence-electron chi connectivity index (χ2n) is 5.99. The zero-order chi connectivity index (χ0) is 21.7. The molecule has 0 fully saturated rings. The maximum atomic E-state index is 12.3. The molecule has 0 spiro atoms. The fraction of sp³-hybridized carbons (Fsp3) is 0. The minimum absolute atomic E-state index is 0.404. The summed E-state index contributed by atoms with van der Waals surface area (Å²) in [6, 6.07) is 16.9. The van der Waals surface area contributed by atoms with Gasteiger partial charge in [-0.3, -0.25) is 0 Å². The summed E-state index contributed by atoms with van der Waals surface area (Å²) in [5.41, 5.74) is 2.32. The van der Waals surface area contributed by atoms with Crippen molar-refractivity contribution in [3.05, 3.63) is 78.6 Å². The Labute approximate surface area is 206 Å². The maximum Gasteiger partial charge on any atom is 0.323 e. The Morgan fingerprint density at radius 2 is 1.00 bits per heavy atom. The van der Waals surface area contributed by atoms with Crippen molar-refractivity contribution in [1.29, 1.82) is 0 Å². The smallest absolute Gasteiger partial charge is 0.308 e. The van der Waals surface area contributed by atoms with Crippen LogP contribution in [-0.4, -0.2) is 12.1 Å². The molecule has 0 unspecified atom stereocenters. The van der Waals surface area contributed by atoms with E-state index in [1.807, 2.05) is 24.3 Å². The number of halogens is 4. The molecule has 6 nitrogen and oxygen atoms in total. The summed E-state index contributed by atoms with van der Waals surface area (Å²) in [6.45, 7) is 0. The number of hydrogen-bond donors (Lipinski definition) is 4. The first-order valence-corrected chi connectivity index (χ1v) is 11.6. The van der Waals surface area contributed by atoms with Gasteiger partial charge in [-0.15, -0.1) is 0 Å². The molecule has 4 N–H and O–H groups in total. The molecule has 0 aromatic heterocycles. The first kappa shape index (κ1) is 22.8. The number of anilines is 4. The third-order valence-electron chi connectivity index (χ3n) is 3.74. The highest BCUT2D eigenvalue weighted by atomic mass is 79.9. The second-order valence-corrected chi connectivity index (χ2v) is 9.53. The van der Waals surface area contributed by atoms with Crippen LogP contribution in [0.2, 0.25) is 0 Å². The highest BCUT2D eigenvalue weighted by Crippen LogP contribution is 2.27. The summed E-state index contributed by atoms with van der Waals surface area (Å²) in [5.74, 6) is 0. The van der Waals surface area contributed by atoms with Crippen LogP contribution < -0.4 is 21.3 Å². The Morgan fingerprint density at radius 3 is 1.40 bits per heavy atom. The maximum absolute atomic E-state index is 12.3. The first-order chi connectivity index (χ1) is 14.3. The lowest BCUT2D eigenvalue weighted by atomic mass is 10.2. The highest BCUT2D eigenvalue weighted by Gasteiger charge is 2.09. The average Bonchev–Trinajstić information content (AvgIpc) is 2.66. The van der Waals surface area contributed by atoms with Crippen LogP contribution in [-0.2, 0) is 0 Å². The third kappa shape index (κ3) is 6.56. The molecule has 0 aliphatic heterocycles. The van der Waals surface area contributed by atoms with Crippen molar-refractivity contribution < 1.29 is 9.59 Å². The highest BCUT2D eigenvalue weighted by molar-refractivity contribution is 9.11. The van der Waals surface area contributed by atoms with Gasteiger partial charge in [0.1, 0.15) is 0 Å². The van der Waals surface area contributed by atoms with Gasteiger partial charge in [-0.1, -0.05) is 37.9 Å². The number of carbonyl (C=O) groups is 2. The van der Waals surface area contributed by atoms with E-state index in [1.165, 1.54) is 0 Å². The standard InChI is InChI=1S/C20H14Br4N4O2/c21-11-4-6-17(15(23)8-11)27-19(29)25-13-2-1-3-14(10-13)26-20(30)28-18-7-5-12(22)9-16(18)24/h1-10H,(H2,25,27,29)(H2,26,28,30). The molecular weight excluding hydrogens is 648 g/mol. The number of carbonyl (C=O) groups excluding carboxylic acids is 2. The Balaban J connectivity index is 1.61. The summed E-state index contributed by atoms with van der Waals surface area (Å²) in [6.07, 6.45) is 0. The van der Waals surface area contributed by atoms with E-state index in [9.17, 15) is 9.59 Å².